The van der Waals surface area contributed by atoms with Crippen molar-refractivity contribution in [2.75, 3.05) is 16.2 Å². The third kappa shape index (κ3) is 4.42. The SMILES string of the molecule is O=C(c1ccc(C(F)(F)F)cc1)N1CCCc2cc(S(=O)(=O)Nc3nccs3)ccc21. The van der Waals surface area contributed by atoms with E-state index in [0.29, 0.717) is 30.6 Å². The fourth-order valence-electron chi connectivity index (χ4n) is 3.36. The number of amides is 1. The Hall–Kier alpha value is -2.92. The van der Waals surface area contributed by atoms with Crippen LogP contribution in [0.1, 0.15) is 27.9 Å². The fraction of sp³-hybridized carbons (Fsp3) is 0.200. The molecule has 0 aliphatic carbocycles. The molecular formula is C20H16F3N3O3S2. The van der Waals surface area contributed by atoms with Crippen LogP contribution in [0.2, 0.25) is 0 Å². The van der Waals surface area contributed by atoms with Crippen LogP contribution in [0.15, 0.2) is 58.9 Å². The number of aromatic nitrogens is 1. The molecule has 0 fully saturated rings. The van der Waals surface area contributed by atoms with E-state index in [1.165, 1.54) is 23.2 Å². The fourth-order valence-corrected chi connectivity index (χ4v) is 5.20. The zero-order valence-electron chi connectivity index (χ0n) is 15.9. The first-order valence-electron chi connectivity index (χ1n) is 9.19. The molecule has 3 aromatic rings. The summed E-state index contributed by atoms with van der Waals surface area (Å²) in [5.74, 6) is -0.439. The number of rotatable bonds is 4. The Bertz CT molecular complexity index is 1210. The summed E-state index contributed by atoms with van der Waals surface area (Å²) in [5.41, 5.74) is 0.520. The average Bonchev–Trinajstić information content (AvgIpc) is 3.24. The van der Waals surface area contributed by atoms with Crippen LogP contribution in [-0.2, 0) is 22.6 Å². The van der Waals surface area contributed by atoms with Gasteiger partial charge in [0.1, 0.15) is 0 Å². The van der Waals surface area contributed by atoms with E-state index in [4.69, 9.17) is 0 Å². The van der Waals surface area contributed by atoms with Crippen molar-refractivity contribution in [3.05, 3.63) is 70.7 Å². The highest BCUT2D eigenvalue weighted by Crippen LogP contribution is 2.33. The zero-order chi connectivity index (χ0) is 22.2. The minimum absolute atomic E-state index is 0.0466. The van der Waals surface area contributed by atoms with Gasteiger partial charge >= 0.3 is 6.18 Å². The predicted molar refractivity (Wildman–Crippen MR) is 111 cm³/mol. The van der Waals surface area contributed by atoms with Crippen LogP contribution in [-0.4, -0.2) is 25.9 Å². The topological polar surface area (TPSA) is 79.4 Å². The third-order valence-electron chi connectivity index (χ3n) is 4.84. The number of benzene rings is 2. The molecule has 31 heavy (non-hydrogen) atoms. The van der Waals surface area contributed by atoms with Gasteiger partial charge in [0.15, 0.2) is 5.13 Å². The summed E-state index contributed by atoms with van der Waals surface area (Å²) in [4.78, 5) is 18.3. The second-order valence-electron chi connectivity index (χ2n) is 6.87. The number of alkyl halides is 3. The van der Waals surface area contributed by atoms with E-state index in [1.807, 2.05) is 0 Å². The van der Waals surface area contributed by atoms with Gasteiger partial charge in [-0.05, 0) is 60.9 Å². The Morgan fingerprint density at radius 2 is 1.87 bits per heavy atom. The summed E-state index contributed by atoms with van der Waals surface area (Å²) in [5, 5.41) is 1.90. The maximum absolute atomic E-state index is 12.9. The Balaban J connectivity index is 1.60. The van der Waals surface area contributed by atoms with Crippen LogP contribution >= 0.6 is 11.3 Å². The number of fused-ring (bicyclic) bond motifs is 1. The van der Waals surface area contributed by atoms with Gasteiger partial charge in [-0.25, -0.2) is 13.4 Å². The Morgan fingerprint density at radius 1 is 1.13 bits per heavy atom. The lowest BCUT2D eigenvalue weighted by molar-refractivity contribution is -0.137. The molecule has 4 rings (SSSR count). The molecule has 0 atom stereocenters. The van der Waals surface area contributed by atoms with Crippen molar-refractivity contribution in [3.63, 3.8) is 0 Å². The number of hydrogen-bond acceptors (Lipinski definition) is 5. The molecule has 6 nitrogen and oxygen atoms in total. The molecule has 11 heteroatoms. The molecule has 1 amide bonds. The number of sulfonamides is 1. The van der Waals surface area contributed by atoms with E-state index < -0.39 is 27.7 Å². The quantitative estimate of drug-likeness (QED) is 0.610. The normalized spacial score (nSPS) is 14.2. The smallest absolute Gasteiger partial charge is 0.308 e. The lowest BCUT2D eigenvalue weighted by Crippen LogP contribution is -2.35. The first-order chi connectivity index (χ1) is 14.6. The van der Waals surface area contributed by atoms with Crippen molar-refractivity contribution in [3.8, 4) is 0 Å². The van der Waals surface area contributed by atoms with Gasteiger partial charge in [-0.2, -0.15) is 13.2 Å². The van der Waals surface area contributed by atoms with E-state index >= 15 is 0 Å². The minimum Gasteiger partial charge on any atom is -0.308 e. The number of nitrogens with one attached hydrogen (secondary N) is 1. The molecule has 0 spiro atoms. The second-order valence-corrected chi connectivity index (χ2v) is 9.45. The summed E-state index contributed by atoms with van der Waals surface area (Å²) in [6.45, 7) is 0.385. The maximum atomic E-state index is 12.9. The van der Waals surface area contributed by atoms with Gasteiger partial charge in [0.05, 0.1) is 10.5 Å². The molecule has 0 bridgehead atoms. The highest BCUT2D eigenvalue weighted by Gasteiger charge is 2.31. The summed E-state index contributed by atoms with van der Waals surface area (Å²) < 4.78 is 66.0. The van der Waals surface area contributed by atoms with Crippen molar-refractivity contribution < 1.29 is 26.4 Å². The van der Waals surface area contributed by atoms with Gasteiger partial charge in [-0.3, -0.25) is 9.52 Å². The number of carbonyl (C=O) groups excluding carboxylic acids is 1. The van der Waals surface area contributed by atoms with Crippen molar-refractivity contribution >= 4 is 38.1 Å². The van der Waals surface area contributed by atoms with Gasteiger partial charge < -0.3 is 4.90 Å². The summed E-state index contributed by atoms with van der Waals surface area (Å²) in [7, 11) is -3.84. The molecule has 0 unspecified atom stereocenters. The van der Waals surface area contributed by atoms with Gasteiger partial charge in [-0.1, -0.05) is 0 Å². The molecule has 0 saturated carbocycles. The van der Waals surface area contributed by atoms with E-state index in [2.05, 4.69) is 9.71 Å². The third-order valence-corrected chi connectivity index (χ3v) is 6.99. The molecule has 2 aromatic carbocycles. The van der Waals surface area contributed by atoms with Gasteiger partial charge in [0.25, 0.3) is 15.9 Å². The van der Waals surface area contributed by atoms with Crippen LogP contribution in [0.5, 0.6) is 0 Å². The molecule has 0 saturated heterocycles. The number of halogens is 3. The van der Waals surface area contributed by atoms with Crippen molar-refractivity contribution in [1.82, 2.24) is 4.98 Å². The molecule has 1 aliphatic rings. The lowest BCUT2D eigenvalue weighted by Gasteiger charge is -2.30. The summed E-state index contributed by atoms with van der Waals surface area (Å²) in [6, 6.07) is 8.50. The van der Waals surface area contributed by atoms with E-state index in [1.54, 1.807) is 11.4 Å². The van der Waals surface area contributed by atoms with Crippen LogP contribution in [0, 0.1) is 0 Å². The number of nitrogens with zero attached hydrogens (tertiary/aromatic N) is 2. The number of hydrogen-bond donors (Lipinski definition) is 1. The molecule has 1 N–H and O–H groups in total. The van der Waals surface area contributed by atoms with E-state index in [9.17, 15) is 26.4 Å². The van der Waals surface area contributed by atoms with Gasteiger partial charge in [-0.15, -0.1) is 11.3 Å². The molecule has 1 aromatic heterocycles. The van der Waals surface area contributed by atoms with E-state index in [-0.39, 0.29) is 15.6 Å². The largest absolute Gasteiger partial charge is 0.416 e. The number of thiazole rings is 1. The van der Waals surface area contributed by atoms with Crippen LogP contribution in [0.25, 0.3) is 0 Å². The van der Waals surface area contributed by atoms with Crippen molar-refractivity contribution in [1.29, 1.82) is 0 Å². The predicted octanol–water partition coefficient (Wildman–Crippen LogP) is 4.56. The highest BCUT2D eigenvalue weighted by atomic mass is 32.2. The zero-order valence-corrected chi connectivity index (χ0v) is 17.5. The van der Waals surface area contributed by atoms with Gasteiger partial charge in [0, 0.05) is 29.4 Å². The minimum atomic E-state index is -4.48. The van der Waals surface area contributed by atoms with Crippen molar-refractivity contribution in [2.24, 2.45) is 0 Å². The number of aryl methyl sites for hydroxylation is 1. The number of anilines is 2. The average molecular weight is 467 g/mol. The monoisotopic (exact) mass is 467 g/mol. The summed E-state index contributed by atoms with van der Waals surface area (Å²) >= 11 is 1.15. The van der Waals surface area contributed by atoms with Crippen molar-refractivity contribution in [2.45, 2.75) is 23.9 Å². The lowest BCUT2D eigenvalue weighted by atomic mass is 10.0. The first-order valence-corrected chi connectivity index (χ1v) is 11.6. The van der Waals surface area contributed by atoms with Crippen LogP contribution < -0.4 is 9.62 Å². The van der Waals surface area contributed by atoms with Crippen LogP contribution in [0.4, 0.5) is 24.0 Å². The van der Waals surface area contributed by atoms with E-state index in [0.717, 1.165) is 35.6 Å². The summed E-state index contributed by atoms with van der Waals surface area (Å²) in [6.07, 6.45) is -1.82. The molecular weight excluding hydrogens is 451 g/mol. The Kier molecular flexibility index (Phi) is 5.48. The Morgan fingerprint density at radius 3 is 2.52 bits per heavy atom. The standard InChI is InChI=1S/C20H16F3N3O3S2/c21-20(22,23)15-5-3-13(4-6-15)18(27)26-10-1-2-14-12-16(7-8-17(14)26)31(28,29)25-19-24-9-11-30-19/h3-9,11-12H,1-2,10H2,(H,24,25). The molecule has 0 radical (unpaired) electrons. The molecule has 2 heterocycles. The molecule has 162 valence electrons. The second kappa shape index (κ2) is 7.97. The molecule has 1 aliphatic heterocycles. The maximum Gasteiger partial charge on any atom is 0.416 e. The first kappa shape index (κ1) is 21.3. The highest BCUT2D eigenvalue weighted by molar-refractivity contribution is 7.93. The number of carbonyl (C=O) groups is 1. The van der Waals surface area contributed by atoms with Gasteiger partial charge in [0.2, 0.25) is 0 Å². The van der Waals surface area contributed by atoms with Crippen LogP contribution in [0.3, 0.4) is 0 Å². The Labute approximate surface area is 180 Å².